The number of aliphatic carboxylic acids is 1. The number of hydrogen-bond donors (Lipinski definition) is 2. The Morgan fingerprint density at radius 2 is 1.69 bits per heavy atom. The van der Waals surface area contributed by atoms with Crippen LogP contribution in [0.1, 0.15) is 40.5 Å². The quantitative estimate of drug-likeness (QED) is 0.719. The first-order chi connectivity index (χ1) is 7.08. The predicted molar refractivity (Wildman–Crippen MR) is 60.2 cm³/mol. The van der Waals surface area contributed by atoms with E-state index in [-0.39, 0.29) is 18.7 Å². The van der Waals surface area contributed by atoms with Crippen molar-refractivity contribution in [2.24, 2.45) is 0 Å². The molecule has 1 amide bonds. The fourth-order valence-electron chi connectivity index (χ4n) is 1.30. The highest BCUT2D eigenvalue weighted by atomic mass is 16.5. The number of carboxylic acids is 1. The Bertz CT molecular complexity index is 271. The molecule has 5 nitrogen and oxygen atoms in total. The van der Waals surface area contributed by atoms with E-state index >= 15 is 0 Å². The maximum atomic E-state index is 11.6. The van der Waals surface area contributed by atoms with E-state index in [1.165, 1.54) is 7.11 Å². The van der Waals surface area contributed by atoms with E-state index < -0.39 is 17.1 Å². The van der Waals surface area contributed by atoms with Crippen LogP contribution in [-0.4, -0.2) is 35.2 Å². The molecule has 0 bridgehead atoms. The minimum Gasteiger partial charge on any atom is -0.481 e. The average Bonchev–Trinajstić information content (AvgIpc) is 1.98. The largest absolute Gasteiger partial charge is 0.481 e. The second-order valence-electron chi connectivity index (χ2n) is 5.14. The second kappa shape index (κ2) is 5.30. The van der Waals surface area contributed by atoms with Crippen molar-refractivity contribution in [2.75, 3.05) is 7.11 Å². The smallest absolute Gasteiger partial charge is 0.305 e. The van der Waals surface area contributed by atoms with Crippen LogP contribution in [-0.2, 0) is 14.3 Å². The number of carbonyl (C=O) groups excluding carboxylic acids is 1. The molecule has 0 saturated carbocycles. The zero-order valence-corrected chi connectivity index (χ0v) is 10.6. The fraction of sp³-hybridized carbons (Fsp3) is 0.818. The van der Waals surface area contributed by atoms with Crippen LogP contribution in [0.3, 0.4) is 0 Å². The van der Waals surface area contributed by atoms with Gasteiger partial charge in [0.25, 0.3) is 0 Å². The lowest BCUT2D eigenvalue weighted by Crippen LogP contribution is -2.47. The molecular weight excluding hydrogens is 210 g/mol. The third-order valence-corrected chi connectivity index (χ3v) is 2.21. The number of methoxy groups -OCH3 is 1. The van der Waals surface area contributed by atoms with Crippen LogP contribution in [0, 0.1) is 0 Å². The number of rotatable bonds is 6. The van der Waals surface area contributed by atoms with E-state index in [1.54, 1.807) is 27.7 Å². The summed E-state index contributed by atoms with van der Waals surface area (Å²) in [4.78, 5) is 22.2. The Balaban J connectivity index is 4.29. The third kappa shape index (κ3) is 6.40. The summed E-state index contributed by atoms with van der Waals surface area (Å²) in [5, 5.41) is 11.3. The fourth-order valence-corrected chi connectivity index (χ4v) is 1.30. The van der Waals surface area contributed by atoms with Crippen molar-refractivity contribution in [1.29, 1.82) is 0 Å². The first kappa shape index (κ1) is 14.9. The summed E-state index contributed by atoms with van der Waals surface area (Å²) in [5.74, 6) is -1.14. The summed E-state index contributed by atoms with van der Waals surface area (Å²) >= 11 is 0. The molecule has 0 aliphatic heterocycles. The molecule has 0 aromatic heterocycles. The van der Waals surface area contributed by atoms with Gasteiger partial charge in [0.05, 0.1) is 18.4 Å². The van der Waals surface area contributed by atoms with Crippen molar-refractivity contribution in [3.05, 3.63) is 0 Å². The van der Waals surface area contributed by atoms with Crippen molar-refractivity contribution in [1.82, 2.24) is 5.32 Å². The lowest BCUT2D eigenvalue weighted by molar-refractivity contribution is -0.138. The van der Waals surface area contributed by atoms with E-state index in [9.17, 15) is 9.59 Å². The van der Waals surface area contributed by atoms with E-state index in [0.29, 0.717) is 0 Å². The highest BCUT2D eigenvalue weighted by Crippen LogP contribution is 2.15. The maximum Gasteiger partial charge on any atom is 0.305 e. The third-order valence-electron chi connectivity index (χ3n) is 2.21. The monoisotopic (exact) mass is 231 g/mol. The highest BCUT2D eigenvalue weighted by molar-refractivity contribution is 5.79. The van der Waals surface area contributed by atoms with Crippen molar-refractivity contribution in [2.45, 2.75) is 51.7 Å². The van der Waals surface area contributed by atoms with Gasteiger partial charge < -0.3 is 15.2 Å². The van der Waals surface area contributed by atoms with Gasteiger partial charge in [-0.2, -0.15) is 0 Å². The van der Waals surface area contributed by atoms with Crippen LogP contribution >= 0.6 is 0 Å². The zero-order valence-electron chi connectivity index (χ0n) is 10.6. The molecule has 0 aromatic rings. The van der Waals surface area contributed by atoms with Crippen LogP contribution in [0.15, 0.2) is 0 Å². The standard InChI is InChI=1S/C11H21NO4/c1-10(2,7-9(14)15)12-8(13)6-11(3,4)16-5/h6-7H2,1-5H3,(H,12,13)(H,14,15). The molecule has 0 unspecified atom stereocenters. The molecule has 0 aliphatic carbocycles. The Labute approximate surface area is 96.2 Å². The molecule has 0 atom stereocenters. The molecule has 2 N–H and O–H groups in total. The SMILES string of the molecule is COC(C)(C)CC(=O)NC(C)(C)CC(=O)O. The molecule has 94 valence electrons. The van der Waals surface area contributed by atoms with Crippen LogP contribution in [0.2, 0.25) is 0 Å². The van der Waals surface area contributed by atoms with Crippen LogP contribution < -0.4 is 5.32 Å². The van der Waals surface area contributed by atoms with Crippen LogP contribution in [0.4, 0.5) is 0 Å². The molecule has 0 aliphatic rings. The first-order valence-corrected chi connectivity index (χ1v) is 5.16. The normalized spacial score (nSPS) is 12.3. The number of nitrogens with one attached hydrogen (secondary N) is 1. The summed E-state index contributed by atoms with van der Waals surface area (Å²) in [6.45, 7) is 6.96. The van der Waals surface area contributed by atoms with E-state index in [0.717, 1.165) is 0 Å². The van der Waals surface area contributed by atoms with Crippen molar-refractivity contribution < 1.29 is 19.4 Å². The minimum absolute atomic E-state index is 0.105. The molecule has 0 heterocycles. The molecular formula is C11H21NO4. The molecule has 5 heteroatoms. The predicted octanol–water partition coefficient (Wildman–Crippen LogP) is 1.17. The average molecular weight is 231 g/mol. The van der Waals surface area contributed by atoms with Gasteiger partial charge in [-0.05, 0) is 27.7 Å². The molecule has 0 aromatic carbocycles. The van der Waals surface area contributed by atoms with Gasteiger partial charge in [0.2, 0.25) is 5.91 Å². The summed E-state index contributed by atoms with van der Waals surface area (Å²) in [6.07, 6.45) is 0.0959. The van der Waals surface area contributed by atoms with Gasteiger partial charge in [0.15, 0.2) is 0 Å². The Kier molecular flexibility index (Phi) is 4.93. The summed E-state index contributed by atoms with van der Waals surface area (Å²) < 4.78 is 5.13. The molecule has 0 rings (SSSR count). The van der Waals surface area contributed by atoms with E-state index in [4.69, 9.17) is 9.84 Å². The lowest BCUT2D eigenvalue weighted by atomic mass is 9.98. The Morgan fingerprint density at radius 1 is 1.19 bits per heavy atom. The number of amides is 1. The van der Waals surface area contributed by atoms with Gasteiger partial charge in [-0.25, -0.2) is 0 Å². The van der Waals surface area contributed by atoms with Gasteiger partial charge in [-0.15, -0.1) is 0 Å². The van der Waals surface area contributed by atoms with Gasteiger partial charge in [0.1, 0.15) is 0 Å². The number of carboxylic acid groups (broad SMARTS) is 1. The highest BCUT2D eigenvalue weighted by Gasteiger charge is 2.27. The topological polar surface area (TPSA) is 75.6 Å². The zero-order chi connectivity index (χ0) is 13.0. The van der Waals surface area contributed by atoms with Crippen LogP contribution in [0.5, 0.6) is 0 Å². The van der Waals surface area contributed by atoms with Crippen molar-refractivity contribution in [3.63, 3.8) is 0 Å². The van der Waals surface area contributed by atoms with E-state index in [2.05, 4.69) is 5.32 Å². The lowest BCUT2D eigenvalue weighted by Gasteiger charge is -2.28. The van der Waals surface area contributed by atoms with Gasteiger partial charge >= 0.3 is 5.97 Å². The summed E-state index contributed by atoms with van der Waals surface area (Å²) in [5.41, 5.74) is -1.28. The Hall–Kier alpha value is -1.10. The molecule has 16 heavy (non-hydrogen) atoms. The minimum atomic E-state index is -0.934. The number of ether oxygens (including phenoxy) is 1. The van der Waals surface area contributed by atoms with Crippen molar-refractivity contribution >= 4 is 11.9 Å². The summed E-state index contributed by atoms with van der Waals surface area (Å²) in [7, 11) is 1.54. The number of hydrogen-bond acceptors (Lipinski definition) is 3. The van der Waals surface area contributed by atoms with Crippen molar-refractivity contribution in [3.8, 4) is 0 Å². The van der Waals surface area contributed by atoms with Gasteiger partial charge in [-0.1, -0.05) is 0 Å². The summed E-state index contributed by atoms with van der Waals surface area (Å²) in [6, 6.07) is 0. The Morgan fingerprint density at radius 3 is 2.06 bits per heavy atom. The first-order valence-electron chi connectivity index (χ1n) is 5.16. The van der Waals surface area contributed by atoms with Gasteiger partial charge in [-0.3, -0.25) is 9.59 Å². The molecule has 0 radical (unpaired) electrons. The maximum absolute atomic E-state index is 11.6. The second-order valence-corrected chi connectivity index (χ2v) is 5.14. The van der Waals surface area contributed by atoms with Gasteiger partial charge in [0, 0.05) is 12.6 Å². The molecule has 0 saturated heterocycles. The molecule has 0 fully saturated rings. The van der Waals surface area contributed by atoms with Crippen LogP contribution in [0.25, 0.3) is 0 Å². The molecule has 0 spiro atoms. The number of carbonyl (C=O) groups is 2. The van der Waals surface area contributed by atoms with E-state index in [1.807, 2.05) is 0 Å².